The summed E-state index contributed by atoms with van der Waals surface area (Å²) in [6.07, 6.45) is 2.30. The minimum atomic E-state index is -0.236. The van der Waals surface area contributed by atoms with E-state index in [1.807, 2.05) is 30.0 Å². The molecule has 0 N–H and O–H groups in total. The van der Waals surface area contributed by atoms with Crippen LogP contribution in [0.25, 0.3) is 0 Å². The zero-order chi connectivity index (χ0) is 17.3. The van der Waals surface area contributed by atoms with Crippen LogP contribution in [-0.2, 0) is 14.3 Å². The van der Waals surface area contributed by atoms with Crippen molar-refractivity contribution in [2.24, 2.45) is 5.92 Å². The molecule has 2 fully saturated rings. The van der Waals surface area contributed by atoms with Crippen LogP contribution in [-0.4, -0.2) is 49.6 Å². The molecule has 1 unspecified atom stereocenters. The fraction of sp³-hybridized carbons (Fsp3) is 0.556. The van der Waals surface area contributed by atoms with Crippen LogP contribution in [0.2, 0.25) is 0 Å². The van der Waals surface area contributed by atoms with Crippen LogP contribution >= 0.6 is 15.9 Å². The number of methoxy groups -OCH3 is 1. The number of anilines is 1. The zero-order valence-electron chi connectivity index (χ0n) is 14.1. The molecule has 6 heteroatoms. The van der Waals surface area contributed by atoms with Gasteiger partial charge in [-0.15, -0.1) is 0 Å². The van der Waals surface area contributed by atoms with Crippen molar-refractivity contribution in [3.8, 4) is 0 Å². The number of halogens is 1. The Kier molecular flexibility index (Phi) is 5.25. The quantitative estimate of drug-likeness (QED) is 0.791. The molecule has 0 bridgehead atoms. The highest BCUT2D eigenvalue weighted by Crippen LogP contribution is 2.30. The summed E-state index contributed by atoms with van der Waals surface area (Å²) in [5.41, 5.74) is 1.95. The van der Waals surface area contributed by atoms with Gasteiger partial charge in [0.25, 0.3) is 0 Å². The standard InChI is InChI=1S/C18H23BrN2O3/c1-12-9-14(3-4-16(12)19)21-11-13(10-17(21)22)18(23)20-7-5-15(24-2)6-8-20/h3-4,9,13,15H,5-8,10-11H2,1-2H3. The number of nitrogens with zero attached hydrogens (tertiary/aromatic N) is 2. The predicted molar refractivity (Wildman–Crippen MR) is 96.0 cm³/mol. The Morgan fingerprint density at radius 1 is 1.29 bits per heavy atom. The van der Waals surface area contributed by atoms with Gasteiger partial charge >= 0.3 is 0 Å². The topological polar surface area (TPSA) is 49.9 Å². The van der Waals surface area contributed by atoms with Gasteiger partial charge in [0.2, 0.25) is 11.8 Å². The van der Waals surface area contributed by atoms with Crippen molar-refractivity contribution in [1.82, 2.24) is 4.90 Å². The molecule has 5 nitrogen and oxygen atoms in total. The number of carbonyl (C=O) groups excluding carboxylic acids is 2. The Labute approximate surface area is 151 Å². The number of hydrogen-bond acceptors (Lipinski definition) is 3. The third-order valence-corrected chi connectivity index (χ3v) is 5.90. The Bertz CT molecular complexity index is 641. The van der Waals surface area contributed by atoms with Crippen molar-refractivity contribution in [3.05, 3.63) is 28.2 Å². The number of ether oxygens (including phenoxy) is 1. The van der Waals surface area contributed by atoms with Crippen LogP contribution in [0.3, 0.4) is 0 Å². The van der Waals surface area contributed by atoms with Crippen molar-refractivity contribution in [1.29, 1.82) is 0 Å². The summed E-state index contributed by atoms with van der Waals surface area (Å²) >= 11 is 3.48. The average Bonchev–Trinajstić information content (AvgIpc) is 2.98. The van der Waals surface area contributed by atoms with E-state index in [1.165, 1.54) is 0 Å². The van der Waals surface area contributed by atoms with Crippen molar-refractivity contribution >= 4 is 33.4 Å². The van der Waals surface area contributed by atoms with Crippen LogP contribution < -0.4 is 4.90 Å². The normalized spacial score (nSPS) is 22.3. The van der Waals surface area contributed by atoms with Gasteiger partial charge in [0.05, 0.1) is 12.0 Å². The molecule has 2 saturated heterocycles. The lowest BCUT2D eigenvalue weighted by Crippen LogP contribution is -2.44. The number of amides is 2. The Morgan fingerprint density at radius 3 is 2.62 bits per heavy atom. The van der Waals surface area contributed by atoms with Gasteiger partial charge in [-0.05, 0) is 43.5 Å². The average molecular weight is 395 g/mol. The fourth-order valence-corrected chi connectivity index (χ4v) is 3.74. The van der Waals surface area contributed by atoms with E-state index in [4.69, 9.17) is 4.74 Å². The molecule has 2 aliphatic heterocycles. The van der Waals surface area contributed by atoms with E-state index in [-0.39, 0.29) is 23.8 Å². The molecule has 0 saturated carbocycles. The Balaban J connectivity index is 1.66. The van der Waals surface area contributed by atoms with Gasteiger partial charge in [-0.3, -0.25) is 9.59 Å². The highest BCUT2D eigenvalue weighted by molar-refractivity contribution is 9.10. The summed E-state index contributed by atoms with van der Waals surface area (Å²) in [4.78, 5) is 28.8. The van der Waals surface area contributed by atoms with Gasteiger partial charge in [-0.25, -0.2) is 0 Å². The number of benzene rings is 1. The number of likely N-dealkylation sites (tertiary alicyclic amines) is 1. The summed E-state index contributed by atoms with van der Waals surface area (Å²) < 4.78 is 6.37. The largest absolute Gasteiger partial charge is 0.381 e. The van der Waals surface area contributed by atoms with E-state index in [0.29, 0.717) is 13.0 Å². The van der Waals surface area contributed by atoms with Crippen LogP contribution in [0.4, 0.5) is 5.69 Å². The van der Waals surface area contributed by atoms with E-state index >= 15 is 0 Å². The van der Waals surface area contributed by atoms with E-state index < -0.39 is 0 Å². The first kappa shape index (κ1) is 17.4. The number of rotatable bonds is 3. The molecule has 0 spiro atoms. The van der Waals surface area contributed by atoms with Crippen LogP contribution in [0, 0.1) is 12.8 Å². The minimum Gasteiger partial charge on any atom is -0.381 e. The number of carbonyl (C=O) groups is 2. The van der Waals surface area contributed by atoms with Gasteiger partial charge < -0.3 is 14.5 Å². The molecular weight excluding hydrogens is 372 g/mol. The third kappa shape index (κ3) is 3.49. The van der Waals surface area contributed by atoms with Crippen LogP contribution in [0.15, 0.2) is 22.7 Å². The lowest BCUT2D eigenvalue weighted by Gasteiger charge is -2.32. The first-order valence-electron chi connectivity index (χ1n) is 8.37. The number of piperidine rings is 1. The summed E-state index contributed by atoms with van der Waals surface area (Å²) in [5, 5.41) is 0. The summed E-state index contributed by atoms with van der Waals surface area (Å²) in [7, 11) is 1.72. The van der Waals surface area contributed by atoms with Gasteiger partial charge in [0, 0.05) is 43.3 Å². The molecule has 1 aromatic carbocycles. The van der Waals surface area contributed by atoms with Gasteiger partial charge in [0.1, 0.15) is 0 Å². The second kappa shape index (κ2) is 7.23. The number of aryl methyl sites for hydroxylation is 1. The SMILES string of the molecule is COC1CCN(C(=O)C2CC(=O)N(c3ccc(Br)c(C)c3)C2)CC1. The van der Waals surface area contributed by atoms with Gasteiger partial charge in [-0.1, -0.05) is 15.9 Å². The lowest BCUT2D eigenvalue weighted by molar-refractivity contribution is -0.138. The molecule has 2 aliphatic rings. The smallest absolute Gasteiger partial charge is 0.228 e. The van der Waals surface area contributed by atoms with Crippen molar-refractivity contribution in [2.75, 3.05) is 31.6 Å². The van der Waals surface area contributed by atoms with E-state index in [0.717, 1.165) is 41.7 Å². The molecular formula is C18H23BrN2O3. The molecule has 0 aliphatic carbocycles. The monoisotopic (exact) mass is 394 g/mol. The molecule has 2 heterocycles. The van der Waals surface area contributed by atoms with Crippen LogP contribution in [0.5, 0.6) is 0 Å². The molecule has 130 valence electrons. The minimum absolute atomic E-state index is 0.0295. The maximum Gasteiger partial charge on any atom is 0.228 e. The Hall–Kier alpha value is -1.40. The van der Waals surface area contributed by atoms with Crippen LogP contribution in [0.1, 0.15) is 24.8 Å². The third-order valence-electron chi connectivity index (χ3n) is 5.01. The summed E-state index contributed by atoms with van der Waals surface area (Å²) in [5.74, 6) is -0.100. The number of hydrogen-bond donors (Lipinski definition) is 0. The molecule has 3 rings (SSSR count). The first-order valence-corrected chi connectivity index (χ1v) is 9.17. The molecule has 1 atom stereocenters. The first-order chi connectivity index (χ1) is 11.5. The van der Waals surface area contributed by atoms with E-state index in [9.17, 15) is 9.59 Å². The highest BCUT2D eigenvalue weighted by Gasteiger charge is 2.38. The maximum absolute atomic E-state index is 12.7. The fourth-order valence-electron chi connectivity index (χ4n) is 3.49. The van der Waals surface area contributed by atoms with Crippen molar-refractivity contribution in [3.63, 3.8) is 0 Å². The molecule has 24 heavy (non-hydrogen) atoms. The maximum atomic E-state index is 12.7. The summed E-state index contributed by atoms with van der Waals surface area (Å²) in [6.45, 7) is 3.92. The molecule has 2 amide bonds. The second-order valence-electron chi connectivity index (χ2n) is 6.60. The van der Waals surface area contributed by atoms with Gasteiger partial charge in [-0.2, -0.15) is 0 Å². The van der Waals surface area contributed by atoms with Crippen molar-refractivity contribution < 1.29 is 14.3 Å². The lowest BCUT2D eigenvalue weighted by atomic mass is 10.0. The highest BCUT2D eigenvalue weighted by atomic mass is 79.9. The molecule has 0 aromatic heterocycles. The zero-order valence-corrected chi connectivity index (χ0v) is 15.7. The summed E-state index contributed by atoms with van der Waals surface area (Å²) in [6, 6.07) is 5.85. The Morgan fingerprint density at radius 2 is 2.00 bits per heavy atom. The van der Waals surface area contributed by atoms with E-state index in [1.54, 1.807) is 12.0 Å². The predicted octanol–water partition coefficient (Wildman–Crippen LogP) is 2.75. The molecule has 0 radical (unpaired) electrons. The van der Waals surface area contributed by atoms with Gasteiger partial charge in [0.15, 0.2) is 0 Å². The molecule has 1 aromatic rings. The second-order valence-corrected chi connectivity index (χ2v) is 7.45. The van der Waals surface area contributed by atoms with Crippen molar-refractivity contribution in [2.45, 2.75) is 32.3 Å². The van der Waals surface area contributed by atoms with E-state index in [2.05, 4.69) is 15.9 Å².